The molecule has 4 atom stereocenters. The Bertz CT molecular complexity index is 799. The van der Waals surface area contributed by atoms with Crippen molar-refractivity contribution in [2.45, 2.75) is 24.5 Å². The number of aromatic amines is 1. The summed E-state index contributed by atoms with van der Waals surface area (Å²) in [6, 6.07) is 0. The monoisotopic (exact) mass is 322 g/mol. The molecular formula is C13H14N4O6. The molecule has 1 aliphatic heterocycles. The highest BCUT2D eigenvalue weighted by Gasteiger charge is 2.44. The zero-order chi connectivity index (χ0) is 16.6. The lowest BCUT2D eigenvalue weighted by Crippen LogP contribution is -2.34. The molecule has 1 saturated heterocycles. The van der Waals surface area contributed by atoms with E-state index in [9.17, 15) is 19.8 Å². The van der Waals surface area contributed by atoms with Crippen molar-refractivity contribution < 1.29 is 24.5 Å². The van der Waals surface area contributed by atoms with Crippen molar-refractivity contribution in [3.8, 4) is 0 Å². The third-order valence-corrected chi connectivity index (χ3v) is 3.53. The van der Waals surface area contributed by atoms with E-state index in [0.29, 0.717) is 0 Å². The topological polar surface area (TPSA) is 140 Å². The number of nitrogens with zero attached hydrogens (tertiary/aromatic N) is 3. The van der Waals surface area contributed by atoms with E-state index < -0.39 is 36.1 Å². The second-order valence-corrected chi connectivity index (χ2v) is 4.94. The molecule has 0 saturated carbocycles. The van der Waals surface area contributed by atoms with Gasteiger partial charge in [-0.05, 0) is 0 Å². The van der Waals surface area contributed by atoms with Crippen LogP contribution in [0.1, 0.15) is 6.23 Å². The van der Waals surface area contributed by atoms with Gasteiger partial charge in [0.25, 0.3) is 5.56 Å². The van der Waals surface area contributed by atoms with Gasteiger partial charge in [-0.3, -0.25) is 9.36 Å². The molecule has 2 aromatic rings. The molecule has 0 unspecified atom stereocenters. The van der Waals surface area contributed by atoms with Gasteiger partial charge in [0.05, 0.1) is 12.7 Å². The fourth-order valence-electron chi connectivity index (χ4n) is 2.37. The molecule has 3 N–H and O–H groups in total. The lowest BCUT2D eigenvalue weighted by molar-refractivity contribution is -0.144. The molecular weight excluding hydrogens is 308 g/mol. The Kier molecular flexibility index (Phi) is 3.94. The Morgan fingerprint density at radius 1 is 1.48 bits per heavy atom. The quantitative estimate of drug-likeness (QED) is 0.455. The van der Waals surface area contributed by atoms with Crippen LogP contribution in [0.2, 0.25) is 0 Å². The number of H-pyrrole nitrogens is 1. The summed E-state index contributed by atoms with van der Waals surface area (Å²) < 4.78 is 11.7. The van der Waals surface area contributed by atoms with Crippen LogP contribution in [-0.4, -0.2) is 60.6 Å². The van der Waals surface area contributed by atoms with E-state index in [0.717, 1.165) is 6.08 Å². The van der Waals surface area contributed by atoms with Crippen LogP contribution in [0.5, 0.6) is 0 Å². The zero-order valence-corrected chi connectivity index (χ0v) is 11.8. The Labute approximate surface area is 129 Å². The average Bonchev–Trinajstić information content (AvgIpc) is 3.09. The van der Waals surface area contributed by atoms with Crippen molar-refractivity contribution >= 4 is 17.1 Å². The molecule has 1 fully saturated rings. The molecule has 0 amide bonds. The third kappa shape index (κ3) is 2.63. The number of hydrogen-bond acceptors (Lipinski definition) is 8. The normalized spacial score (nSPS) is 27.2. The summed E-state index contributed by atoms with van der Waals surface area (Å²) in [5.74, 6) is -0.667. The molecule has 122 valence electrons. The van der Waals surface area contributed by atoms with Crippen molar-refractivity contribution in [1.29, 1.82) is 0 Å². The van der Waals surface area contributed by atoms with E-state index >= 15 is 0 Å². The van der Waals surface area contributed by atoms with Gasteiger partial charge in [0.1, 0.15) is 24.9 Å². The highest BCUT2D eigenvalue weighted by molar-refractivity contribution is 5.81. The van der Waals surface area contributed by atoms with Gasteiger partial charge in [-0.25, -0.2) is 14.8 Å². The molecule has 0 bridgehead atoms. The van der Waals surface area contributed by atoms with Crippen molar-refractivity contribution in [3.63, 3.8) is 0 Å². The highest BCUT2D eigenvalue weighted by atomic mass is 16.6. The fraction of sp³-hybridized carbons (Fsp3) is 0.385. The Balaban J connectivity index is 1.85. The second-order valence-electron chi connectivity index (χ2n) is 4.94. The predicted octanol–water partition coefficient (Wildman–Crippen LogP) is -1.53. The molecule has 1 aliphatic rings. The second kappa shape index (κ2) is 5.91. The smallest absolute Gasteiger partial charge is 0.330 e. The van der Waals surface area contributed by atoms with E-state index in [2.05, 4.69) is 21.5 Å². The summed E-state index contributed by atoms with van der Waals surface area (Å²) in [7, 11) is 0. The number of nitrogens with one attached hydrogen (secondary N) is 1. The first-order valence-electron chi connectivity index (χ1n) is 6.74. The fourth-order valence-corrected chi connectivity index (χ4v) is 2.37. The minimum Gasteiger partial charge on any atom is -0.460 e. The number of esters is 1. The van der Waals surface area contributed by atoms with Gasteiger partial charge in [0.15, 0.2) is 17.4 Å². The number of carbonyl (C=O) groups excluding carboxylic acids is 1. The molecule has 10 heteroatoms. The number of hydrogen-bond donors (Lipinski definition) is 3. The van der Waals surface area contributed by atoms with Crippen LogP contribution in [0.4, 0.5) is 0 Å². The summed E-state index contributed by atoms with van der Waals surface area (Å²) in [6.07, 6.45) is -1.07. The van der Waals surface area contributed by atoms with E-state index in [-0.39, 0.29) is 17.8 Å². The van der Waals surface area contributed by atoms with Gasteiger partial charge in [0.2, 0.25) is 0 Å². The zero-order valence-electron chi connectivity index (χ0n) is 11.8. The molecule has 3 heterocycles. The van der Waals surface area contributed by atoms with Crippen LogP contribution >= 0.6 is 0 Å². The maximum Gasteiger partial charge on any atom is 0.330 e. The lowest BCUT2D eigenvalue weighted by atomic mass is 10.1. The Hall–Kier alpha value is -2.56. The number of rotatable bonds is 4. The molecule has 10 nitrogen and oxygen atoms in total. The number of aliphatic hydroxyl groups is 2. The largest absolute Gasteiger partial charge is 0.460 e. The van der Waals surface area contributed by atoms with E-state index in [1.165, 1.54) is 17.2 Å². The van der Waals surface area contributed by atoms with Crippen molar-refractivity contribution in [3.05, 3.63) is 35.7 Å². The summed E-state index contributed by atoms with van der Waals surface area (Å²) in [6.45, 7) is 3.01. The number of imidazole rings is 1. The molecule has 0 radical (unpaired) electrons. The van der Waals surface area contributed by atoms with Gasteiger partial charge in [-0.15, -0.1) is 0 Å². The van der Waals surface area contributed by atoms with E-state index in [1.54, 1.807) is 0 Å². The number of ether oxygens (including phenoxy) is 2. The van der Waals surface area contributed by atoms with Gasteiger partial charge >= 0.3 is 5.97 Å². The van der Waals surface area contributed by atoms with Gasteiger partial charge in [0, 0.05) is 6.08 Å². The first-order valence-corrected chi connectivity index (χ1v) is 6.74. The van der Waals surface area contributed by atoms with Gasteiger partial charge < -0.3 is 24.7 Å². The number of carbonyl (C=O) groups is 1. The average molecular weight is 322 g/mol. The van der Waals surface area contributed by atoms with Crippen LogP contribution < -0.4 is 5.56 Å². The Morgan fingerprint density at radius 3 is 3.00 bits per heavy atom. The van der Waals surface area contributed by atoms with Gasteiger partial charge in [-0.2, -0.15) is 0 Å². The first kappa shape index (κ1) is 15.3. The summed E-state index contributed by atoms with van der Waals surface area (Å²) in [5.41, 5.74) is -0.147. The predicted molar refractivity (Wildman–Crippen MR) is 75.2 cm³/mol. The number of aliphatic hydroxyl groups excluding tert-OH is 2. The molecule has 0 aromatic carbocycles. The van der Waals surface area contributed by atoms with Crippen molar-refractivity contribution in [1.82, 2.24) is 19.5 Å². The summed E-state index contributed by atoms with van der Waals surface area (Å²) >= 11 is 0. The van der Waals surface area contributed by atoms with Crippen LogP contribution in [0.15, 0.2) is 30.1 Å². The van der Waals surface area contributed by atoms with Crippen molar-refractivity contribution in [2.75, 3.05) is 6.61 Å². The van der Waals surface area contributed by atoms with Gasteiger partial charge in [-0.1, -0.05) is 6.58 Å². The minimum atomic E-state index is -1.30. The van der Waals surface area contributed by atoms with E-state index in [1.807, 2.05) is 0 Å². The van der Waals surface area contributed by atoms with Crippen LogP contribution in [0, 0.1) is 0 Å². The molecule has 0 aliphatic carbocycles. The minimum absolute atomic E-state index is 0.0827. The van der Waals surface area contributed by atoms with Crippen molar-refractivity contribution in [2.24, 2.45) is 0 Å². The standard InChI is InChI=1S/C13H14N4O6/c1-2-7(18)22-3-6-9(19)10(20)13(23-6)17-5-16-8-11(17)14-4-15-12(8)21/h2,4-6,9-10,13,19-20H,1,3H2,(H,14,15,21)/t6-,9-,10-,13-/m1/s1. The maximum atomic E-state index is 11.6. The van der Waals surface area contributed by atoms with E-state index in [4.69, 9.17) is 9.47 Å². The molecule has 0 spiro atoms. The summed E-state index contributed by atoms with van der Waals surface area (Å²) in [4.78, 5) is 33.0. The first-order chi connectivity index (χ1) is 11.0. The SMILES string of the molecule is C=CC(=O)OC[C@H]1O[C@@H](n2cnc3c(=O)[nH]cnc32)[C@H](O)[C@@H]1O. The Morgan fingerprint density at radius 2 is 2.26 bits per heavy atom. The summed E-state index contributed by atoms with van der Waals surface area (Å²) in [5, 5.41) is 20.2. The molecule has 2 aromatic heterocycles. The highest BCUT2D eigenvalue weighted by Crippen LogP contribution is 2.31. The van der Waals surface area contributed by atoms with Crippen LogP contribution in [0.25, 0.3) is 11.2 Å². The van der Waals surface area contributed by atoms with Crippen LogP contribution in [0.3, 0.4) is 0 Å². The number of fused-ring (bicyclic) bond motifs is 1. The third-order valence-electron chi connectivity index (χ3n) is 3.53. The lowest BCUT2D eigenvalue weighted by Gasteiger charge is -2.16. The number of aromatic nitrogens is 4. The maximum absolute atomic E-state index is 11.6. The molecule has 3 rings (SSSR count). The van der Waals surface area contributed by atoms with Crippen LogP contribution in [-0.2, 0) is 14.3 Å². The molecule has 23 heavy (non-hydrogen) atoms.